The number of nitrogens with zero attached hydrogens (tertiary/aromatic N) is 1. The molecule has 0 fully saturated rings. The number of benzene rings is 2. The van der Waals surface area contributed by atoms with Gasteiger partial charge in [0.2, 0.25) is 5.91 Å². The molecule has 0 spiro atoms. The number of carbonyl (C=O) groups is 1. The van der Waals surface area contributed by atoms with Gasteiger partial charge >= 0.3 is 0 Å². The summed E-state index contributed by atoms with van der Waals surface area (Å²) in [5.41, 5.74) is 4.19. The van der Waals surface area contributed by atoms with Gasteiger partial charge in [0.25, 0.3) is 0 Å². The highest BCUT2D eigenvalue weighted by atomic mass is 16.5. The monoisotopic (exact) mass is 571 g/mol. The smallest absolute Gasteiger partial charge is 0.228 e. The normalized spacial score (nSPS) is 11.4. The van der Waals surface area contributed by atoms with Crippen molar-refractivity contribution in [3.05, 3.63) is 89.7 Å². The first kappa shape index (κ1) is 33.4. The summed E-state index contributed by atoms with van der Waals surface area (Å²) in [6.45, 7) is 10.4. The van der Waals surface area contributed by atoms with E-state index in [0.29, 0.717) is 13.0 Å². The highest BCUT2D eigenvalue weighted by molar-refractivity contribution is 5.92. The number of anilines is 1. The first-order chi connectivity index (χ1) is 20.3. The summed E-state index contributed by atoms with van der Waals surface area (Å²) in [6, 6.07) is 20.5. The topological polar surface area (TPSA) is 42.2 Å². The summed E-state index contributed by atoms with van der Waals surface area (Å²) >= 11 is 0. The van der Waals surface area contributed by atoms with Crippen LogP contribution in [-0.2, 0) is 23.2 Å². The Morgan fingerprint density at radius 2 is 1.36 bits per heavy atom. The van der Waals surface area contributed by atoms with Crippen LogP contribution in [0.4, 0.5) is 5.69 Å². The van der Waals surface area contributed by atoms with Crippen LogP contribution in [0.5, 0.6) is 5.75 Å². The molecule has 0 aliphatic rings. The number of aromatic nitrogens is 1. The van der Waals surface area contributed by atoms with Crippen LogP contribution in [0.25, 0.3) is 0 Å². The SMILES string of the molecule is CCCCCCCCCCCCCCOc1cc(C(C)(C)C)ccc1CC(=O)Nc1ccc(C[n+]2ccccc2)cc1. The molecule has 2 aromatic carbocycles. The number of rotatable bonds is 19. The van der Waals surface area contributed by atoms with Gasteiger partial charge in [0, 0.05) is 28.9 Å². The highest BCUT2D eigenvalue weighted by Crippen LogP contribution is 2.29. The molecule has 1 N–H and O–H groups in total. The zero-order valence-corrected chi connectivity index (χ0v) is 26.8. The van der Waals surface area contributed by atoms with Crippen LogP contribution in [0.15, 0.2) is 73.1 Å². The number of unbranched alkanes of at least 4 members (excludes halogenated alkanes) is 11. The van der Waals surface area contributed by atoms with Gasteiger partial charge < -0.3 is 10.1 Å². The van der Waals surface area contributed by atoms with Crippen molar-refractivity contribution in [1.29, 1.82) is 0 Å². The second-order valence-electron chi connectivity index (χ2n) is 12.8. The Morgan fingerprint density at radius 1 is 0.762 bits per heavy atom. The molecule has 42 heavy (non-hydrogen) atoms. The lowest BCUT2D eigenvalue weighted by atomic mass is 9.86. The molecule has 4 nitrogen and oxygen atoms in total. The molecule has 4 heteroatoms. The molecule has 0 unspecified atom stereocenters. The van der Waals surface area contributed by atoms with E-state index in [4.69, 9.17) is 4.74 Å². The number of hydrogen-bond acceptors (Lipinski definition) is 2. The van der Waals surface area contributed by atoms with Gasteiger partial charge in [-0.05, 0) is 35.6 Å². The van der Waals surface area contributed by atoms with Crippen LogP contribution in [0, 0.1) is 0 Å². The number of pyridine rings is 1. The Labute approximate surface area is 255 Å². The van der Waals surface area contributed by atoms with E-state index in [2.05, 4.69) is 80.3 Å². The van der Waals surface area contributed by atoms with Gasteiger partial charge in [-0.15, -0.1) is 0 Å². The summed E-state index contributed by atoms with van der Waals surface area (Å²) in [5.74, 6) is 0.815. The van der Waals surface area contributed by atoms with Crippen molar-refractivity contribution in [3.8, 4) is 5.75 Å². The molecule has 0 saturated carbocycles. The lowest BCUT2D eigenvalue weighted by Crippen LogP contribution is -2.32. The van der Waals surface area contributed by atoms with E-state index >= 15 is 0 Å². The lowest BCUT2D eigenvalue weighted by Gasteiger charge is -2.21. The highest BCUT2D eigenvalue weighted by Gasteiger charge is 2.18. The number of amides is 1. The minimum absolute atomic E-state index is 0.0225. The molecule has 228 valence electrons. The molecule has 0 aliphatic carbocycles. The third-order valence-corrected chi connectivity index (χ3v) is 7.92. The van der Waals surface area contributed by atoms with E-state index in [0.717, 1.165) is 30.0 Å². The average molecular weight is 572 g/mol. The van der Waals surface area contributed by atoms with Crippen molar-refractivity contribution in [2.24, 2.45) is 0 Å². The Morgan fingerprint density at radius 3 is 1.95 bits per heavy atom. The van der Waals surface area contributed by atoms with E-state index < -0.39 is 0 Å². The molecular weight excluding hydrogens is 516 g/mol. The zero-order chi connectivity index (χ0) is 30.0. The van der Waals surface area contributed by atoms with Crippen molar-refractivity contribution in [3.63, 3.8) is 0 Å². The predicted octanol–water partition coefficient (Wildman–Crippen LogP) is 9.58. The zero-order valence-electron chi connectivity index (χ0n) is 26.8. The molecule has 3 aromatic rings. The lowest BCUT2D eigenvalue weighted by molar-refractivity contribution is -0.688. The van der Waals surface area contributed by atoms with Crippen LogP contribution >= 0.6 is 0 Å². The van der Waals surface area contributed by atoms with E-state index in [-0.39, 0.29) is 11.3 Å². The maximum atomic E-state index is 13.0. The van der Waals surface area contributed by atoms with Crippen LogP contribution in [0.2, 0.25) is 0 Å². The third-order valence-electron chi connectivity index (χ3n) is 7.92. The number of ether oxygens (including phenoxy) is 1. The van der Waals surface area contributed by atoms with E-state index in [9.17, 15) is 4.79 Å². The molecule has 0 bridgehead atoms. The molecule has 0 saturated heterocycles. The van der Waals surface area contributed by atoms with Crippen LogP contribution < -0.4 is 14.6 Å². The summed E-state index contributed by atoms with van der Waals surface area (Å²) in [6.07, 6.45) is 20.3. The quantitative estimate of drug-likeness (QED) is 0.115. The van der Waals surface area contributed by atoms with Gasteiger partial charge in [-0.2, -0.15) is 0 Å². The van der Waals surface area contributed by atoms with Crippen LogP contribution in [-0.4, -0.2) is 12.5 Å². The Hall–Kier alpha value is -3.14. The first-order valence-electron chi connectivity index (χ1n) is 16.4. The maximum absolute atomic E-state index is 13.0. The fraction of sp³-hybridized carbons (Fsp3) is 0.526. The molecule has 0 atom stereocenters. The molecular formula is C38H55N2O2+. The second kappa shape index (κ2) is 18.4. The van der Waals surface area contributed by atoms with Crippen molar-refractivity contribution < 1.29 is 14.1 Å². The fourth-order valence-corrected chi connectivity index (χ4v) is 5.25. The molecule has 1 amide bonds. The van der Waals surface area contributed by atoms with Gasteiger partial charge in [-0.1, -0.05) is 129 Å². The van der Waals surface area contributed by atoms with Crippen molar-refractivity contribution >= 4 is 11.6 Å². The van der Waals surface area contributed by atoms with Gasteiger partial charge in [0.05, 0.1) is 13.0 Å². The first-order valence-corrected chi connectivity index (χ1v) is 16.4. The molecule has 0 aliphatic heterocycles. The summed E-state index contributed by atoms with van der Waals surface area (Å²) < 4.78 is 8.44. The molecule has 1 aromatic heterocycles. The van der Waals surface area contributed by atoms with E-state index in [1.165, 1.54) is 81.8 Å². The summed E-state index contributed by atoms with van der Waals surface area (Å²) in [7, 11) is 0. The average Bonchev–Trinajstić information content (AvgIpc) is 2.97. The van der Waals surface area contributed by atoms with Gasteiger partial charge in [0.1, 0.15) is 5.75 Å². The fourth-order valence-electron chi connectivity index (χ4n) is 5.25. The second-order valence-corrected chi connectivity index (χ2v) is 12.8. The summed E-state index contributed by atoms with van der Waals surface area (Å²) in [5, 5.41) is 3.07. The minimum Gasteiger partial charge on any atom is -0.493 e. The van der Waals surface area contributed by atoms with E-state index in [1.807, 2.05) is 30.3 Å². The van der Waals surface area contributed by atoms with Crippen LogP contribution in [0.3, 0.4) is 0 Å². The summed E-state index contributed by atoms with van der Waals surface area (Å²) in [4.78, 5) is 13.0. The minimum atomic E-state index is -0.0288. The number of nitrogens with one attached hydrogen (secondary N) is 1. The van der Waals surface area contributed by atoms with Crippen molar-refractivity contribution in [1.82, 2.24) is 0 Å². The number of carbonyl (C=O) groups excluding carboxylic acids is 1. The Bertz CT molecular complexity index is 1170. The van der Waals surface area contributed by atoms with Crippen molar-refractivity contribution in [2.45, 2.75) is 123 Å². The largest absolute Gasteiger partial charge is 0.493 e. The molecule has 1 heterocycles. The Kier molecular flexibility index (Phi) is 14.6. The third kappa shape index (κ3) is 12.8. The standard InChI is InChI=1S/C38H54N2O2/c1-5-6-7-8-9-10-11-12-13-14-15-19-28-42-36-30-34(38(2,3)4)23-22-33(36)29-37(41)39-35-24-20-32(21-25-35)31-40-26-17-16-18-27-40/h16-18,20-27,30H,5-15,19,28-29,31H2,1-4H3/p+1. The molecule has 0 radical (unpaired) electrons. The van der Waals surface area contributed by atoms with Gasteiger partial charge in [0.15, 0.2) is 18.9 Å². The number of hydrogen-bond donors (Lipinski definition) is 1. The van der Waals surface area contributed by atoms with Gasteiger partial charge in [-0.3, -0.25) is 4.79 Å². The Balaban J connectivity index is 1.44. The van der Waals surface area contributed by atoms with Crippen LogP contribution in [0.1, 0.15) is 121 Å². The van der Waals surface area contributed by atoms with E-state index in [1.54, 1.807) is 0 Å². The molecule has 3 rings (SSSR count). The van der Waals surface area contributed by atoms with Gasteiger partial charge in [-0.25, -0.2) is 4.57 Å². The maximum Gasteiger partial charge on any atom is 0.228 e. The predicted molar refractivity (Wildman–Crippen MR) is 176 cm³/mol. The van der Waals surface area contributed by atoms with Crippen molar-refractivity contribution in [2.75, 3.05) is 11.9 Å².